The molecule has 0 bridgehead atoms. The molecule has 4 aliphatic rings. The highest BCUT2D eigenvalue weighted by Crippen LogP contribution is 2.62. The monoisotopic (exact) mass is 457 g/mol. The second kappa shape index (κ2) is 9.20. The first-order valence-electron chi connectivity index (χ1n) is 12.8. The summed E-state index contributed by atoms with van der Waals surface area (Å²) in [7, 11) is 0. The van der Waals surface area contributed by atoms with Crippen LogP contribution < -0.4 is 4.74 Å². The minimum absolute atomic E-state index is 0.00117. The lowest BCUT2D eigenvalue weighted by atomic mass is 9.46. The van der Waals surface area contributed by atoms with E-state index in [0.717, 1.165) is 57.4 Å². The van der Waals surface area contributed by atoms with E-state index in [1.807, 2.05) is 35.2 Å². The van der Waals surface area contributed by atoms with E-state index in [4.69, 9.17) is 14.2 Å². The number of aliphatic hydroxyl groups is 1. The van der Waals surface area contributed by atoms with Crippen LogP contribution in [0.25, 0.3) is 0 Å². The molecule has 2 aliphatic heterocycles. The van der Waals surface area contributed by atoms with Gasteiger partial charge >= 0.3 is 0 Å². The van der Waals surface area contributed by atoms with Gasteiger partial charge in [-0.1, -0.05) is 32.0 Å². The van der Waals surface area contributed by atoms with Gasteiger partial charge in [-0.25, -0.2) is 0 Å². The Balaban J connectivity index is 1.27. The molecular formula is C27H39NO5. The SMILES string of the molecule is CC12COC(COc3ccccc3)OC1CCC1(C)C(CC(=O)N3CCCC3)C(O)CCC21. The second-order valence-corrected chi connectivity index (χ2v) is 11.1. The molecule has 33 heavy (non-hydrogen) atoms. The van der Waals surface area contributed by atoms with Gasteiger partial charge in [0.2, 0.25) is 5.91 Å². The number of rotatable bonds is 5. The molecule has 5 rings (SSSR count). The van der Waals surface area contributed by atoms with E-state index in [1.54, 1.807) is 0 Å². The van der Waals surface area contributed by atoms with Crippen molar-refractivity contribution in [1.82, 2.24) is 4.90 Å². The zero-order valence-electron chi connectivity index (χ0n) is 20.1. The van der Waals surface area contributed by atoms with Crippen molar-refractivity contribution in [3.05, 3.63) is 30.3 Å². The first-order chi connectivity index (χ1) is 15.9. The Hall–Kier alpha value is -1.63. The van der Waals surface area contributed by atoms with E-state index in [2.05, 4.69) is 13.8 Å². The zero-order valence-corrected chi connectivity index (χ0v) is 20.1. The lowest BCUT2D eigenvalue weighted by molar-refractivity contribution is -0.313. The summed E-state index contributed by atoms with van der Waals surface area (Å²) >= 11 is 0. The second-order valence-electron chi connectivity index (χ2n) is 11.1. The minimum Gasteiger partial charge on any atom is -0.488 e. The molecule has 1 aromatic rings. The number of carbonyl (C=O) groups is 1. The van der Waals surface area contributed by atoms with Crippen molar-refractivity contribution in [3.8, 4) is 5.75 Å². The number of para-hydroxylation sites is 1. The summed E-state index contributed by atoms with van der Waals surface area (Å²) < 4.78 is 18.5. The van der Waals surface area contributed by atoms with Crippen LogP contribution in [0.2, 0.25) is 0 Å². The molecule has 1 amide bonds. The van der Waals surface area contributed by atoms with Crippen LogP contribution in [0.3, 0.4) is 0 Å². The van der Waals surface area contributed by atoms with E-state index < -0.39 is 6.10 Å². The first kappa shape index (κ1) is 23.1. The van der Waals surface area contributed by atoms with E-state index >= 15 is 0 Å². The lowest BCUT2D eigenvalue weighted by Crippen LogP contribution is -2.63. The van der Waals surface area contributed by atoms with Gasteiger partial charge in [0.1, 0.15) is 12.4 Å². The molecule has 4 fully saturated rings. The fourth-order valence-electron chi connectivity index (χ4n) is 7.34. The van der Waals surface area contributed by atoms with Gasteiger partial charge in [0.05, 0.1) is 18.8 Å². The fraction of sp³-hybridized carbons (Fsp3) is 0.741. The van der Waals surface area contributed by atoms with Crippen molar-refractivity contribution >= 4 is 5.91 Å². The van der Waals surface area contributed by atoms with E-state index in [-0.39, 0.29) is 35.0 Å². The Labute approximate surface area is 197 Å². The van der Waals surface area contributed by atoms with Gasteiger partial charge in [-0.15, -0.1) is 0 Å². The number of carbonyl (C=O) groups excluding carboxylic acids is 1. The Morgan fingerprint density at radius 2 is 1.88 bits per heavy atom. The van der Waals surface area contributed by atoms with Crippen molar-refractivity contribution in [1.29, 1.82) is 0 Å². The van der Waals surface area contributed by atoms with Crippen molar-refractivity contribution in [2.24, 2.45) is 22.7 Å². The predicted molar refractivity (Wildman–Crippen MR) is 125 cm³/mol. The average molecular weight is 458 g/mol. The summed E-state index contributed by atoms with van der Waals surface area (Å²) in [4.78, 5) is 15.0. The normalized spacial score (nSPS) is 40.7. The molecule has 6 heteroatoms. The van der Waals surface area contributed by atoms with Crippen LogP contribution in [-0.4, -0.2) is 60.7 Å². The molecule has 0 aromatic heterocycles. The lowest BCUT2D eigenvalue weighted by Gasteiger charge is -2.63. The third-order valence-corrected chi connectivity index (χ3v) is 9.21. The maximum atomic E-state index is 13.0. The molecule has 6 nitrogen and oxygen atoms in total. The van der Waals surface area contributed by atoms with E-state index in [9.17, 15) is 9.90 Å². The molecular weight excluding hydrogens is 418 g/mol. The molecule has 1 N–H and O–H groups in total. The Morgan fingerprint density at radius 1 is 1.12 bits per heavy atom. The standard InChI is InChI=1S/C27H39NO5/c1-26-13-12-23-27(2,18-32-25(33-23)17-31-19-8-4-3-5-9-19)22(26)11-10-21(29)20(26)16-24(30)28-14-6-7-15-28/h3-5,8-9,20-23,25,29H,6-7,10-18H2,1-2H3. The average Bonchev–Trinajstić information content (AvgIpc) is 3.36. The van der Waals surface area contributed by atoms with Gasteiger partial charge < -0.3 is 24.2 Å². The summed E-state index contributed by atoms with van der Waals surface area (Å²) in [6.07, 6.45) is 5.60. The number of aliphatic hydroxyl groups excluding tert-OH is 1. The van der Waals surface area contributed by atoms with Crippen molar-refractivity contribution in [3.63, 3.8) is 0 Å². The van der Waals surface area contributed by atoms with Gasteiger partial charge in [0.25, 0.3) is 0 Å². The molecule has 7 atom stereocenters. The molecule has 182 valence electrons. The number of hydrogen-bond donors (Lipinski definition) is 1. The number of amides is 1. The largest absolute Gasteiger partial charge is 0.488 e. The third kappa shape index (κ3) is 4.30. The third-order valence-electron chi connectivity index (χ3n) is 9.21. The summed E-state index contributed by atoms with van der Waals surface area (Å²) in [5, 5.41) is 11.0. The highest BCUT2D eigenvalue weighted by atomic mass is 16.7. The van der Waals surface area contributed by atoms with Gasteiger partial charge in [-0.2, -0.15) is 0 Å². The number of benzene rings is 1. The van der Waals surface area contributed by atoms with Crippen LogP contribution in [-0.2, 0) is 14.3 Å². The Bertz CT molecular complexity index is 827. The maximum absolute atomic E-state index is 13.0. The van der Waals surface area contributed by atoms with E-state index in [0.29, 0.717) is 25.6 Å². The van der Waals surface area contributed by atoms with Gasteiger partial charge in [-0.05, 0) is 67.9 Å². The van der Waals surface area contributed by atoms with Crippen molar-refractivity contribution < 1.29 is 24.1 Å². The fourth-order valence-corrected chi connectivity index (χ4v) is 7.34. The molecule has 2 saturated carbocycles. The topological polar surface area (TPSA) is 68.2 Å². The highest BCUT2D eigenvalue weighted by molar-refractivity contribution is 5.76. The molecule has 2 aliphatic carbocycles. The van der Waals surface area contributed by atoms with Crippen molar-refractivity contribution in [2.75, 3.05) is 26.3 Å². The zero-order chi connectivity index (χ0) is 23.1. The molecule has 2 heterocycles. The van der Waals surface area contributed by atoms with Crippen LogP contribution in [0.15, 0.2) is 30.3 Å². The number of ether oxygens (including phenoxy) is 3. The molecule has 2 saturated heterocycles. The summed E-state index contributed by atoms with van der Waals surface area (Å²) in [5.74, 6) is 1.40. The number of fused-ring (bicyclic) bond motifs is 3. The van der Waals surface area contributed by atoms with Crippen LogP contribution in [0, 0.1) is 22.7 Å². The Morgan fingerprint density at radius 3 is 2.64 bits per heavy atom. The highest BCUT2D eigenvalue weighted by Gasteiger charge is 2.61. The summed E-state index contributed by atoms with van der Waals surface area (Å²) in [6, 6.07) is 9.77. The number of hydrogen-bond acceptors (Lipinski definition) is 5. The molecule has 1 aromatic carbocycles. The number of nitrogens with zero attached hydrogens (tertiary/aromatic N) is 1. The Kier molecular flexibility index (Phi) is 6.45. The van der Waals surface area contributed by atoms with Crippen LogP contribution in [0.1, 0.15) is 58.8 Å². The first-order valence-corrected chi connectivity index (χ1v) is 12.8. The molecule has 0 spiro atoms. The quantitative estimate of drug-likeness (QED) is 0.724. The van der Waals surface area contributed by atoms with Crippen LogP contribution >= 0.6 is 0 Å². The van der Waals surface area contributed by atoms with Crippen molar-refractivity contribution in [2.45, 2.75) is 77.3 Å². The predicted octanol–water partition coefficient (Wildman–Crippen LogP) is 4.01. The van der Waals surface area contributed by atoms with Gasteiger partial charge in [0, 0.05) is 24.9 Å². The molecule has 7 unspecified atom stereocenters. The molecule has 0 radical (unpaired) electrons. The smallest absolute Gasteiger partial charge is 0.222 e. The minimum atomic E-state index is -0.407. The van der Waals surface area contributed by atoms with E-state index in [1.165, 1.54) is 0 Å². The summed E-state index contributed by atoms with van der Waals surface area (Å²) in [5.41, 5.74) is -0.205. The van der Waals surface area contributed by atoms with Crippen LogP contribution in [0.4, 0.5) is 0 Å². The van der Waals surface area contributed by atoms with Gasteiger partial charge in [0.15, 0.2) is 6.29 Å². The summed E-state index contributed by atoms with van der Waals surface area (Å²) in [6.45, 7) is 7.36. The van der Waals surface area contributed by atoms with Crippen LogP contribution in [0.5, 0.6) is 5.75 Å². The number of likely N-dealkylation sites (tertiary alicyclic amines) is 1. The van der Waals surface area contributed by atoms with Gasteiger partial charge in [-0.3, -0.25) is 4.79 Å². The maximum Gasteiger partial charge on any atom is 0.222 e.